The Balaban J connectivity index is 0. The molecule has 0 saturated carbocycles. The van der Waals surface area contributed by atoms with Gasteiger partial charge in [0.1, 0.15) is 0 Å². The van der Waals surface area contributed by atoms with E-state index in [2.05, 4.69) is 41.5 Å². The van der Waals surface area contributed by atoms with Crippen LogP contribution >= 0.6 is 0 Å². The molecule has 0 bridgehead atoms. The normalized spacial score (nSPS) is 13.2. The van der Waals surface area contributed by atoms with E-state index in [-0.39, 0.29) is 40.7 Å². The van der Waals surface area contributed by atoms with Crippen LogP contribution in [0.5, 0.6) is 0 Å². The molecule has 106 valence electrons. The average molecular weight is 288 g/mol. The second kappa shape index (κ2) is 8.25. The monoisotopic (exact) mass is 288 g/mol. The van der Waals surface area contributed by atoms with E-state index < -0.39 is 10.1 Å². The van der Waals surface area contributed by atoms with E-state index in [0.717, 1.165) is 6.42 Å². The summed E-state index contributed by atoms with van der Waals surface area (Å²) in [5.41, 5.74) is 0.144. The Hall–Kier alpha value is 0.910. The third kappa shape index (κ3) is 5.91. The summed E-state index contributed by atoms with van der Waals surface area (Å²) in [5.74, 6) is 1.39. The topological polar surface area (TPSA) is 54.4 Å². The van der Waals surface area contributed by atoms with Crippen LogP contribution in [0.25, 0.3) is 0 Å². The van der Waals surface area contributed by atoms with E-state index in [4.69, 9.17) is 4.55 Å². The van der Waals surface area contributed by atoms with Crippen LogP contribution in [0, 0.1) is 23.2 Å². The summed E-state index contributed by atoms with van der Waals surface area (Å²) in [7, 11) is -3.82. The molecule has 0 aliphatic rings. The second-order valence-electron chi connectivity index (χ2n) is 5.97. The van der Waals surface area contributed by atoms with Crippen molar-refractivity contribution in [3.8, 4) is 0 Å². The zero-order chi connectivity index (χ0) is 13.9. The molecule has 0 aliphatic heterocycles. The minimum absolute atomic E-state index is 0. The molecular weight excluding hydrogens is 259 g/mol. The van der Waals surface area contributed by atoms with E-state index in [9.17, 15) is 8.42 Å². The molecule has 0 saturated heterocycles. The fourth-order valence-electron chi connectivity index (χ4n) is 3.43. The molecule has 0 atom stereocenters. The first-order valence-electron chi connectivity index (χ1n) is 6.49. The first-order valence-corrected chi connectivity index (χ1v) is 8.10. The zero-order valence-corrected chi connectivity index (χ0v) is 12.8. The minimum atomic E-state index is -3.82. The SMILES string of the molecule is CC(C)C(CCCS(=O)(=O)O)(C(C)C)C(C)C.[NaH]. The molecule has 0 amide bonds. The predicted octanol–water partition coefficient (Wildman–Crippen LogP) is 2.96. The van der Waals surface area contributed by atoms with Crippen LogP contribution in [0.15, 0.2) is 0 Å². The first kappa shape index (κ1) is 21.2. The molecule has 0 heterocycles. The van der Waals surface area contributed by atoms with E-state index in [0.29, 0.717) is 24.2 Å². The zero-order valence-electron chi connectivity index (χ0n) is 12.0. The van der Waals surface area contributed by atoms with Crippen molar-refractivity contribution >= 4 is 39.7 Å². The van der Waals surface area contributed by atoms with Crippen LogP contribution in [0.4, 0.5) is 0 Å². The summed E-state index contributed by atoms with van der Waals surface area (Å²) in [6, 6.07) is 0. The number of hydrogen-bond acceptors (Lipinski definition) is 2. The van der Waals surface area contributed by atoms with Gasteiger partial charge in [-0.2, -0.15) is 8.42 Å². The van der Waals surface area contributed by atoms with Crippen molar-refractivity contribution < 1.29 is 13.0 Å². The van der Waals surface area contributed by atoms with Crippen LogP contribution in [0.3, 0.4) is 0 Å². The summed E-state index contributed by atoms with van der Waals surface area (Å²) in [6.07, 6.45) is 1.38. The van der Waals surface area contributed by atoms with Crippen molar-refractivity contribution in [3.63, 3.8) is 0 Å². The molecule has 0 rings (SSSR count). The van der Waals surface area contributed by atoms with Gasteiger partial charge in [0.15, 0.2) is 0 Å². The summed E-state index contributed by atoms with van der Waals surface area (Å²) < 4.78 is 30.4. The van der Waals surface area contributed by atoms with Crippen molar-refractivity contribution in [2.45, 2.75) is 54.4 Å². The maximum absolute atomic E-state index is 10.8. The van der Waals surface area contributed by atoms with E-state index in [1.807, 2.05) is 0 Å². The number of rotatable bonds is 7. The fraction of sp³-hybridized carbons (Fsp3) is 1.00. The second-order valence-corrected chi connectivity index (χ2v) is 7.54. The summed E-state index contributed by atoms with van der Waals surface area (Å²) >= 11 is 0. The molecule has 0 aromatic rings. The van der Waals surface area contributed by atoms with Crippen LogP contribution < -0.4 is 0 Å². The van der Waals surface area contributed by atoms with Gasteiger partial charge >= 0.3 is 29.6 Å². The van der Waals surface area contributed by atoms with Crippen LogP contribution in [-0.2, 0) is 10.1 Å². The summed E-state index contributed by atoms with van der Waals surface area (Å²) in [4.78, 5) is 0. The average Bonchev–Trinajstić information content (AvgIpc) is 2.08. The van der Waals surface area contributed by atoms with Gasteiger partial charge in [-0.25, -0.2) is 0 Å². The molecule has 0 aromatic heterocycles. The van der Waals surface area contributed by atoms with E-state index >= 15 is 0 Å². The molecule has 0 fully saturated rings. The molecular formula is C13H29NaO3S. The van der Waals surface area contributed by atoms with Gasteiger partial charge in [-0.3, -0.25) is 4.55 Å². The summed E-state index contributed by atoms with van der Waals surface area (Å²) in [6.45, 7) is 13.2. The standard InChI is InChI=1S/C13H28O3S.Na.H/c1-10(2)13(11(3)4,12(5)6)8-7-9-17(14,15)16;;/h10-12H,7-9H2,1-6H3,(H,14,15,16);;. The van der Waals surface area contributed by atoms with Crippen molar-refractivity contribution in [2.24, 2.45) is 23.2 Å². The Morgan fingerprint density at radius 2 is 1.28 bits per heavy atom. The molecule has 0 radical (unpaired) electrons. The van der Waals surface area contributed by atoms with Crippen LogP contribution in [0.1, 0.15) is 54.4 Å². The van der Waals surface area contributed by atoms with Gasteiger partial charge in [0.25, 0.3) is 10.1 Å². The van der Waals surface area contributed by atoms with Crippen molar-refractivity contribution in [1.82, 2.24) is 0 Å². The molecule has 0 aromatic carbocycles. The van der Waals surface area contributed by atoms with Gasteiger partial charge in [0.2, 0.25) is 0 Å². The first-order chi connectivity index (χ1) is 7.54. The predicted molar refractivity (Wildman–Crippen MR) is 79.7 cm³/mol. The van der Waals surface area contributed by atoms with Gasteiger partial charge in [-0.05, 0) is 36.0 Å². The van der Waals surface area contributed by atoms with Gasteiger partial charge in [0.05, 0.1) is 5.75 Å². The third-order valence-electron chi connectivity index (χ3n) is 4.24. The van der Waals surface area contributed by atoms with E-state index in [1.165, 1.54) is 0 Å². The van der Waals surface area contributed by atoms with Crippen LogP contribution in [-0.4, -0.2) is 48.3 Å². The molecule has 3 nitrogen and oxygen atoms in total. The molecule has 18 heavy (non-hydrogen) atoms. The Morgan fingerprint density at radius 3 is 1.50 bits per heavy atom. The maximum atomic E-state index is 10.8. The van der Waals surface area contributed by atoms with Gasteiger partial charge in [-0.15, -0.1) is 0 Å². The van der Waals surface area contributed by atoms with Crippen molar-refractivity contribution in [2.75, 3.05) is 5.75 Å². The molecule has 5 heteroatoms. The Labute approximate surface area is 135 Å². The fourth-order valence-corrected chi connectivity index (χ4v) is 3.94. The Kier molecular flexibility index (Phi) is 9.73. The van der Waals surface area contributed by atoms with Gasteiger partial charge < -0.3 is 0 Å². The van der Waals surface area contributed by atoms with Gasteiger partial charge in [-0.1, -0.05) is 41.5 Å². The Morgan fingerprint density at radius 1 is 0.944 bits per heavy atom. The number of hydrogen-bond donors (Lipinski definition) is 1. The summed E-state index contributed by atoms with van der Waals surface area (Å²) in [5, 5.41) is 0. The van der Waals surface area contributed by atoms with Crippen LogP contribution in [0.2, 0.25) is 0 Å². The molecule has 0 unspecified atom stereocenters. The molecule has 1 N–H and O–H groups in total. The van der Waals surface area contributed by atoms with Crippen molar-refractivity contribution in [1.29, 1.82) is 0 Å². The van der Waals surface area contributed by atoms with Crippen molar-refractivity contribution in [3.05, 3.63) is 0 Å². The van der Waals surface area contributed by atoms with Gasteiger partial charge in [0, 0.05) is 0 Å². The molecule has 0 aliphatic carbocycles. The molecule has 0 spiro atoms. The third-order valence-corrected chi connectivity index (χ3v) is 5.04. The Bertz CT molecular complexity index is 299. The quantitative estimate of drug-likeness (QED) is 0.579. The van der Waals surface area contributed by atoms with E-state index in [1.54, 1.807) is 0 Å².